The summed E-state index contributed by atoms with van der Waals surface area (Å²) in [4.78, 5) is 4.72. The smallest absolute Gasteiger partial charge is 0.138 e. The van der Waals surface area contributed by atoms with E-state index in [0.717, 1.165) is 44.6 Å². The summed E-state index contributed by atoms with van der Waals surface area (Å²) in [7, 11) is 0. The van der Waals surface area contributed by atoms with Crippen molar-refractivity contribution in [2.24, 2.45) is 5.90 Å². The molecule has 0 spiro atoms. The van der Waals surface area contributed by atoms with Gasteiger partial charge in [-0.3, -0.25) is 0 Å². The van der Waals surface area contributed by atoms with Crippen molar-refractivity contribution in [2.45, 2.75) is 27.2 Å². The van der Waals surface area contributed by atoms with E-state index in [1.807, 2.05) is 19.9 Å². The molecule has 0 fully saturated rings. The van der Waals surface area contributed by atoms with E-state index in [4.69, 9.17) is 19.6 Å². The minimum Gasteiger partial charge on any atom is -0.461 e. The Kier molecular flexibility index (Phi) is 2.84. The van der Waals surface area contributed by atoms with Gasteiger partial charge in [0.1, 0.15) is 22.7 Å². The Balaban J connectivity index is 2.40. The zero-order valence-electron chi connectivity index (χ0n) is 11.4. The molecule has 0 radical (unpaired) electrons. The lowest BCUT2D eigenvalue weighted by atomic mass is 10.00. The van der Waals surface area contributed by atoms with Gasteiger partial charge in [-0.1, -0.05) is 0 Å². The van der Waals surface area contributed by atoms with Gasteiger partial charge in [0, 0.05) is 28.3 Å². The lowest BCUT2D eigenvalue weighted by Crippen LogP contribution is -2.04. The quantitative estimate of drug-likeness (QED) is 0.731. The maximum atomic E-state index is 5.86. The van der Waals surface area contributed by atoms with Gasteiger partial charge in [0.2, 0.25) is 0 Å². The van der Waals surface area contributed by atoms with Crippen molar-refractivity contribution in [1.29, 1.82) is 0 Å². The molecule has 0 bridgehead atoms. The SMILES string of the molecule is Cc1cc2c(CCON)c3oc(C)cc3c(C)c2o1. The Hall–Kier alpha value is -1.78. The van der Waals surface area contributed by atoms with Gasteiger partial charge in [-0.15, -0.1) is 0 Å². The zero-order chi connectivity index (χ0) is 13.6. The topological polar surface area (TPSA) is 61.5 Å². The average Bonchev–Trinajstić information content (AvgIpc) is 2.93. The second kappa shape index (κ2) is 4.40. The van der Waals surface area contributed by atoms with Crippen LogP contribution in [-0.2, 0) is 11.3 Å². The zero-order valence-corrected chi connectivity index (χ0v) is 11.4. The predicted molar refractivity (Wildman–Crippen MR) is 74.0 cm³/mol. The third kappa shape index (κ3) is 1.84. The Morgan fingerprint density at radius 1 is 1.00 bits per heavy atom. The number of furan rings is 2. The first-order valence-electron chi connectivity index (χ1n) is 6.35. The standard InChI is InChI=1S/C15H17NO3/c1-8-6-12-10(3)14-13(7-9(2)18-14)11(4-5-17-16)15(12)19-8/h6-7H,4-5,16H2,1-3H3. The summed E-state index contributed by atoms with van der Waals surface area (Å²) >= 11 is 0. The number of benzene rings is 1. The van der Waals surface area contributed by atoms with Crippen LogP contribution < -0.4 is 5.90 Å². The predicted octanol–water partition coefficient (Wildman–Crippen LogP) is 3.54. The molecule has 0 amide bonds. The number of nitrogens with two attached hydrogens (primary N) is 1. The molecule has 2 aromatic heterocycles. The van der Waals surface area contributed by atoms with Gasteiger partial charge < -0.3 is 13.7 Å². The van der Waals surface area contributed by atoms with Gasteiger partial charge >= 0.3 is 0 Å². The normalized spacial score (nSPS) is 11.8. The third-order valence-electron chi connectivity index (χ3n) is 3.52. The van der Waals surface area contributed by atoms with Crippen molar-refractivity contribution in [3.8, 4) is 0 Å². The first kappa shape index (κ1) is 12.3. The van der Waals surface area contributed by atoms with E-state index in [1.54, 1.807) is 0 Å². The molecule has 0 aliphatic heterocycles. The molecular weight excluding hydrogens is 242 g/mol. The maximum Gasteiger partial charge on any atom is 0.138 e. The van der Waals surface area contributed by atoms with E-state index in [0.29, 0.717) is 13.0 Å². The Morgan fingerprint density at radius 3 is 2.32 bits per heavy atom. The van der Waals surface area contributed by atoms with Crippen molar-refractivity contribution >= 4 is 21.9 Å². The molecule has 4 heteroatoms. The molecule has 0 aliphatic carbocycles. The molecule has 100 valence electrons. The van der Waals surface area contributed by atoms with Gasteiger partial charge in [-0.2, -0.15) is 0 Å². The van der Waals surface area contributed by atoms with Gasteiger partial charge in [0.25, 0.3) is 0 Å². The van der Waals surface area contributed by atoms with E-state index < -0.39 is 0 Å². The molecule has 3 rings (SSSR count). The second-order valence-electron chi connectivity index (χ2n) is 4.92. The lowest BCUT2D eigenvalue weighted by Gasteiger charge is -2.06. The summed E-state index contributed by atoms with van der Waals surface area (Å²) in [5.74, 6) is 6.95. The summed E-state index contributed by atoms with van der Waals surface area (Å²) in [6.07, 6.45) is 0.704. The number of hydrogen-bond acceptors (Lipinski definition) is 4. The van der Waals surface area contributed by atoms with Crippen LogP contribution in [0.25, 0.3) is 21.9 Å². The first-order chi connectivity index (χ1) is 9.11. The van der Waals surface area contributed by atoms with Crippen molar-refractivity contribution in [1.82, 2.24) is 0 Å². The summed E-state index contributed by atoms with van der Waals surface area (Å²) in [6, 6.07) is 4.10. The molecule has 0 unspecified atom stereocenters. The fraction of sp³-hybridized carbons (Fsp3) is 0.333. The van der Waals surface area contributed by atoms with Crippen LogP contribution in [0.2, 0.25) is 0 Å². The minimum absolute atomic E-state index is 0.456. The van der Waals surface area contributed by atoms with Crippen LogP contribution in [0, 0.1) is 20.8 Å². The third-order valence-corrected chi connectivity index (χ3v) is 3.52. The van der Waals surface area contributed by atoms with Crippen LogP contribution in [0.15, 0.2) is 21.0 Å². The van der Waals surface area contributed by atoms with E-state index in [1.165, 1.54) is 0 Å². The van der Waals surface area contributed by atoms with Crippen molar-refractivity contribution in [3.05, 3.63) is 34.8 Å². The van der Waals surface area contributed by atoms with Crippen molar-refractivity contribution in [3.63, 3.8) is 0 Å². The highest BCUT2D eigenvalue weighted by molar-refractivity contribution is 6.01. The molecule has 2 N–H and O–H groups in total. The summed E-state index contributed by atoms with van der Waals surface area (Å²) in [6.45, 7) is 6.43. The molecule has 2 heterocycles. The van der Waals surface area contributed by atoms with Crippen molar-refractivity contribution in [2.75, 3.05) is 6.61 Å². The summed E-state index contributed by atoms with van der Waals surface area (Å²) in [5.41, 5.74) is 4.07. The summed E-state index contributed by atoms with van der Waals surface area (Å²) in [5, 5.41) is 2.19. The molecule has 0 atom stereocenters. The molecule has 19 heavy (non-hydrogen) atoms. The summed E-state index contributed by atoms with van der Waals surface area (Å²) < 4.78 is 11.7. The van der Waals surface area contributed by atoms with Crippen LogP contribution in [0.3, 0.4) is 0 Å². The van der Waals surface area contributed by atoms with Crippen LogP contribution in [0.1, 0.15) is 22.6 Å². The van der Waals surface area contributed by atoms with E-state index in [9.17, 15) is 0 Å². The number of aryl methyl sites for hydroxylation is 3. The van der Waals surface area contributed by atoms with Gasteiger partial charge in [-0.05, 0) is 32.9 Å². The number of rotatable bonds is 3. The van der Waals surface area contributed by atoms with Gasteiger partial charge in [0.15, 0.2) is 0 Å². The van der Waals surface area contributed by atoms with Crippen LogP contribution in [0.5, 0.6) is 0 Å². The van der Waals surface area contributed by atoms with E-state index in [2.05, 4.69) is 13.0 Å². The molecule has 0 saturated heterocycles. The molecule has 0 saturated carbocycles. The van der Waals surface area contributed by atoms with Crippen molar-refractivity contribution < 1.29 is 13.7 Å². The van der Waals surface area contributed by atoms with Crippen LogP contribution in [-0.4, -0.2) is 6.61 Å². The highest BCUT2D eigenvalue weighted by atomic mass is 16.6. The Bertz CT molecular complexity index is 694. The Morgan fingerprint density at radius 2 is 1.63 bits per heavy atom. The Labute approximate surface area is 111 Å². The highest BCUT2D eigenvalue weighted by Crippen LogP contribution is 2.36. The second-order valence-corrected chi connectivity index (χ2v) is 4.92. The van der Waals surface area contributed by atoms with E-state index >= 15 is 0 Å². The molecule has 3 aromatic rings. The van der Waals surface area contributed by atoms with E-state index in [-0.39, 0.29) is 0 Å². The minimum atomic E-state index is 0.456. The van der Waals surface area contributed by atoms with Gasteiger partial charge in [-0.25, -0.2) is 5.90 Å². The molecule has 1 aromatic carbocycles. The largest absolute Gasteiger partial charge is 0.461 e. The van der Waals surface area contributed by atoms with Crippen LogP contribution >= 0.6 is 0 Å². The number of fused-ring (bicyclic) bond motifs is 2. The fourth-order valence-electron chi connectivity index (χ4n) is 2.69. The monoisotopic (exact) mass is 259 g/mol. The van der Waals surface area contributed by atoms with Crippen LogP contribution in [0.4, 0.5) is 0 Å². The molecular formula is C15H17NO3. The first-order valence-corrected chi connectivity index (χ1v) is 6.35. The molecule has 0 aliphatic rings. The number of hydrogen-bond donors (Lipinski definition) is 1. The van der Waals surface area contributed by atoms with Gasteiger partial charge in [0.05, 0.1) is 6.61 Å². The molecule has 4 nitrogen and oxygen atoms in total. The maximum absolute atomic E-state index is 5.86. The average molecular weight is 259 g/mol. The highest BCUT2D eigenvalue weighted by Gasteiger charge is 2.18. The fourth-order valence-corrected chi connectivity index (χ4v) is 2.69. The lowest BCUT2D eigenvalue weighted by molar-refractivity contribution is 0.141.